The van der Waals surface area contributed by atoms with E-state index < -0.39 is 0 Å². The Balaban J connectivity index is 1.59. The molecular formula is C17H21N3OS. The average molecular weight is 315 g/mol. The molecule has 0 amide bonds. The van der Waals surface area contributed by atoms with Crippen LogP contribution in [0.1, 0.15) is 21.7 Å². The highest BCUT2D eigenvalue weighted by atomic mass is 32.1. The Morgan fingerprint density at radius 1 is 1.36 bits per heavy atom. The van der Waals surface area contributed by atoms with Crippen molar-refractivity contribution in [1.29, 1.82) is 0 Å². The number of rotatable bonds is 3. The van der Waals surface area contributed by atoms with Gasteiger partial charge in [-0.05, 0) is 36.6 Å². The maximum absolute atomic E-state index is 9.56. The van der Waals surface area contributed by atoms with Gasteiger partial charge in [-0.2, -0.15) is 0 Å². The Morgan fingerprint density at radius 2 is 2.18 bits per heavy atom. The van der Waals surface area contributed by atoms with Crippen LogP contribution in [0, 0.1) is 6.92 Å². The molecule has 0 unspecified atom stereocenters. The van der Waals surface area contributed by atoms with Gasteiger partial charge in [-0.25, -0.2) is 4.98 Å². The third-order valence-electron chi connectivity index (χ3n) is 4.04. The number of aromatic hydroxyl groups is 1. The van der Waals surface area contributed by atoms with Crippen LogP contribution >= 0.6 is 11.3 Å². The summed E-state index contributed by atoms with van der Waals surface area (Å²) in [5, 5.41) is 10.3. The number of thiazole rings is 1. The molecule has 1 aliphatic rings. The highest BCUT2D eigenvalue weighted by Crippen LogP contribution is 2.24. The molecule has 1 aliphatic heterocycles. The molecule has 1 aromatic heterocycles. The average Bonchev–Trinajstić information content (AvgIpc) is 2.75. The first kappa shape index (κ1) is 15.1. The lowest BCUT2D eigenvalue weighted by molar-refractivity contribution is 0.318. The molecule has 0 spiro atoms. The van der Waals surface area contributed by atoms with Gasteiger partial charge >= 0.3 is 0 Å². The van der Waals surface area contributed by atoms with Gasteiger partial charge in [0.05, 0.1) is 5.69 Å². The minimum Gasteiger partial charge on any atom is -0.508 e. The van der Waals surface area contributed by atoms with E-state index in [1.54, 1.807) is 23.5 Å². The van der Waals surface area contributed by atoms with Gasteiger partial charge in [0.25, 0.3) is 0 Å². The van der Waals surface area contributed by atoms with E-state index in [1.165, 1.54) is 16.1 Å². The molecule has 0 radical (unpaired) electrons. The van der Waals surface area contributed by atoms with E-state index in [2.05, 4.69) is 29.0 Å². The van der Waals surface area contributed by atoms with Crippen molar-refractivity contribution in [1.82, 2.24) is 9.88 Å². The lowest BCUT2D eigenvalue weighted by Gasteiger charge is -2.17. The van der Waals surface area contributed by atoms with Crippen LogP contribution < -0.4 is 5.73 Å². The van der Waals surface area contributed by atoms with Crippen molar-refractivity contribution < 1.29 is 5.11 Å². The van der Waals surface area contributed by atoms with Crippen LogP contribution in [0.5, 0.6) is 5.75 Å². The van der Waals surface area contributed by atoms with Gasteiger partial charge in [0.2, 0.25) is 0 Å². The zero-order chi connectivity index (χ0) is 15.5. The predicted molar refractivity (Wildman–Crippen MR) is 92.3 cm³/mol. The standard InChI is InChI=1S/C17H21N3OS/c1-12-4-5-14(21)11-13(12)3-2-8-20-9-6-15-16(7-10-20)22-17(18)19-15/h2-5,11,21H,6-10H2,1H3,(H2,18,19)/b3-2+. The number of hydrogen-bond acceptors (Lipinski definition) is 5. The number of phenolic OH excluding ortho intramolecular Hbond substituents is 1. The summed E-state index contributed by atoms with van der Waals surface area (Å²) >= 11 is 1.62. The van der Waals surface area contributed by atoms with E-state index >= 15 is 0 Å². The van der Waals surface area contributed by atoms with Crippen molar-refractivity contribution in [3.05, 3.63) is 46.0 Å². The lowest BCUT2D eigenvalue weighted by atomic mass is 10.1. The van der Waals surface area contributed by atoms with Crippen LogP contribution in [0.3, 0.4) is 0 Å². The fourth-order valence-electron chi connectivity index (χ4n) is 2.75. The zero-order valence-electron chi connectivity index (χ0n) is 12.7. The predicted octanol–water partition coefficient (Wildman–Crippen LogP) is 2.85. The molecule has 116 valence electrons. The first-order valence-electron chi connectivity index (χ1n) is 7.54. The zero-order valence-corrected chi connectivity index (χ0v) is 13.6. The Labute approximate surface area is 134 Å². The highest BCUT2D eigenvalue weighted by Gasteiger charge is 2.16. The van der Waals surface area contributed by atoms with E-state index in [0.717, 1.165) is 38.0 Å². The molecule has 2 heterocycles. The monoisotopic (exact) mass is 315 g/mol. The lowest BCUT2D eigenvalue weighted by Crippen LogP contribution is -2.26. The summed E-state index contributed by atoms with van der Waals surface area (Å²) in [5.41, 5.74) is 9.20. The van der Waals surface area contributed by atoms with Crippen molar-refractivity contribution >= 4 is 22.5 Å². The van der Waals surface area contributed by atoms with Gasteiger partial charge in [0, 0.05) is 30.9 Å². The highest BCUT2D eigenvalue weighted by molar-refractivity contribution is 7.15. The fraction of sp³-hybridized carbons (Fsp3) is 0.353. The maximum Gasteiger partial charge on any atom is 0.180 e. The second-order valence-electron chi connectivity index (χ2n) is 5.67. The van der Waals surface area contributed by atoms with E-state index in [1.807, 2.05) is 6.07 Å². The normalized spacial score (nSPS) is 15.9. The summed E-state index contributed by atoms with van der Waals surface area (Å²) < 4.78 is 0. The molecule has 0 saturated carbocycles. The summed E-state index contributed by atoms with van der Waals surface area (Å²) in [6.45, 7) is 5.02. The molecule has 0 atom stereocenters. The quantitative estimate of drug-likeness (QED) is 0.914. The third kappa shape index (κ3) is 3.48. The van der Waals surface area contributed by atoms with Crippen LogP contribution in [0.25, 0.3) is 6.08 Å². The number of aryl methyl sites for hydroxylation is 1. The molecule has 1 aromatic carbocycles. The molecular weight excluding hydrogens is 294 g/mol. The summed E-state index contributed by atoms with van der Waals surface area (Å²) in [5.74, 6) is 0.313. The molecule has 3 N–H and O–H groups in total. The molecule has 2 aromatic rings. The van der Waals surface area contributed by atoms with Crippen molar-refractivity contribution in [3.8, 4) is 5.75 Å². The van der Waals surface area contributed by atoms with E-state index in [-0.39, 0.29) is 0 Å². The number of aromatic nitrogens is 1. The number of benzene rings is 1. The van der Waals surface area contributed by atoms with Crippen molar-refractivity contribution in [3.63, 3.8) is 0 Å². The Bertz CT molecular complexity index is 668. The van der Waals surface area contributed by atoms with Gasteiger partial charge < -0.3 is 10.8 Å². The Hall–Kier alpha value is -1.85. The van der Waals surface area contributed by atoms with Crippen molar-refractivity contribution in [2.24, 2.45) is 0 Å². The maximum atomic E-state index is 9.56. The van der Waals surface area contributed by atoms with Crippen LogP contribution in [0.4, 0.5) is 5.13 Å². The SMILES string of the molecule is Cc1ccc(O)cc1/C=C/CN1CCc2nc(N)sc2CC1. The smallest absolute Gasteiger partial charge is 0.180 e. The fourth-order valence-corrected chi connectivity index (χ4v) is 3.62. The van der Waals surface area contributed by atoms with Gasteiger partial charge in [-0.1, -0.05) is 18.2 Å². The number of nitrogens with zero attached hydrogens (tertiary/aromatic N) is 2. The van der Waals surface area contributed by atoms with Gasteiger partial charge in [0.1, 0.15) is 5.75 Å². The molecule has 0 fully saturated rings. The number of anilines is 1. The van der Waals surface area contributed by atoms with Crippen LogP contribution in [-0.2, 0) is 12.8 Å². The van der Waals surface area contributed by atoms with Crippen LogP contribution in [0.15, 0.2) is 24.3 Å². The van der Waals surface area contributed by atoms with Gasteiger partial charge in [-0.15, -0.1) is 11.3 Å². The largest absolute Gasteiger partial charge is 0.508 e. The number of nitrogens with two attached hydrogens (primary N) is 1. The minimum atomic E-state index is 0.313. The first-order valence-corrected chi connectivity index (χ1v) is 8.36. The molecule has 0 aliphatic carbocycles. The molecule has 4 nitrogen and oxygen atoms in total. The topological polar surface area (TPSA) is 62.4 Å². The molecule has 0 saturated heterocycles. The summed E-state index contributed by atoms with van der Waals surface area (Å²) in [6, 6.07) is 5.46. The molecule has 3 rings (SSSR count). The molecule has 5 heteroatoms. The number of hydrogen-bond donors (Lipinski definition) is 2. The molecule has 0 bridgehead atoms. The first-order chi connectivity index (χ1) is 10.6. The summed E-state index contributed by atoms with van der Waals surface area (Å²) in [7, 11) is 0. The number of fused-ring (bicyclic) bond motifs is 1. The van der Waals surface area contributed by atoms with Crippen LogP contribution in [0.2, 0.25) is 0 Å². The van der Waals surface area contributed by atoms with Gasteiger partial charge in [-0.3, -0.25) is 4.90 Å². The van der Waals surface area contributed by atoms with Crippen molar-refractivity contribution in [2.75, 3.05) is 25.4 Å². The Morgan fingerprint density at radius 3 is 3.05 bits per heavy atom. The van der Waals surface area contributed by atoms with Crippen LogP contribution in [-0.4, -0.2) is 34.6 Å². The third-order valence-corrected chi connectivity index (χ3v) is 5.03. The minimum absolute atomic E-state index is 0.313. The summed E-state index contributed by atoms with van der Waals surface area (Å²) in [6.07, 6.45) is 6.26. The van der Waals surface area contributed by atoms with E-state index in [9.17, 15) is 5.11 Å². The van der Waals surface area contributed by atoms with E-state index in [0.29, 0.717) is 10.9 Å². The van der Waals surface area contributed by atoms with Crippen molar-refractivity contribution in [2.45, 2.75) is 19.8 Å². The summed E-state index contributed by atoms with van der Waals surface area (Å²) in [4.78, 5) is 8.19. The number of phenols is 1. The second kappa shape index (κ2) is 6.50. The second-order valence-corrected chi connectivity index (χ2v) is 6.78. The van der Waals surface area contributed by atoms with Gasteiger partial charge in [0.15, 0.2) is 5.13 Å². The van der Waals surface area contributed by atoms with E-state index in [4.69, 9.17) is 5.73 Å². The molecule has 22 heavy (non-hydrogen) atoms. The Kier molecular flexibility index (Phi) is 4.45. The number of nitrogen functional groups attached to an aromatic ring is 1.